The van der Waals surface area contributed by atoms with Gasteiger partial charge in [0.25, 0.3) is 0 Å². The molecule has 0 unspecified atom stereocenters. The van der Waals surface area contributed by atoms with E-state index in [0.29, 0.717) is 5.56 Å². The van der Waals surface area contributed by atoms with Gasteiger partial charge in [-0.05, 0) is 35.9 Å². The van der Waals surface area contributed by atoms with Crippen LogP contribution in [0.2, 0.25) is 0 Å². The Morgan fingerprint density at radius 2 is 2.06 bits per heavy atom. The van der Waals surface area contributed by atoms with Gasteiger partial charge in [0.1, 0.15) is 0 Å². The van der Waals surface area contributed by atoms with Crippen molar-refractivity contribution in [2.75, 3.05) is 7.11 Å². The molecule has 3 heteroatoms. The standard InChI is InChI=1S/C15H13NO2/c1-18-15(17)13-6-4-5-12(11-13)8-9-14-7-2-3-10-16-14/h2-11H,1H3/b9-8+. The van der Waals surface area contributed by atoms with Crippen LogP contribution in [0.3, 0.4) is 0 Å². The smallest absolute Gasteiger partial charge is 0.337 e. The number of methoxy groups -OCH3 is 1. The quantitative estimate of drug-likeness (QED) is 0.773. The van der Waals surface area contributed by atoms with Crippen LogP contribution in [0, 0.1) is 0 Å². The second kappa shape index (κ2) is 5.77. The topological polar surface area (TPSA) is 39.2 Å². The number of esters is 1. The number of hydrogen-bond acceptors (Lipinski definition) is 3. The molecule has 0 aliphatic rings. The zero-order chi connectivity index (χ0) is 12.8. The number of carbonyl (C=O) groups excluding carboxylic acids is 1. The van der Waals surface area contributed by atoms with Crippen LogP contribution in [0.15, 0.2) is 48.7 Å². The van der Waals surface area contributed by atoms with Crippen LogP contribution >= 0.6 is 0 Å². The van der Waals surface area contributed by atoms with Gasteiger partial charge in [-0.2, -0.15) is 0 Å². The van der Waals surface area contributed by atoms with E-state index in [0.717, 1.165) is 11.3 Å². The maximum Gasteiger partial charge on any atom is 0.337 e. The molecular weight excluding hydrogens is 226 g/mol. The van der Waals surface area contributed by atoms with Crippen LogP contribution < -0.4 is 0 Å². The number of pyridine rings is 1. The molecule has 1 aromatic heterocycles. The first-order valence-corrected chi connectivity index (χ1v) is 5.57. The van der Waals surface area contributed by atoms with E-state index in [1.807, 2.05) is 42.5 Å². The van der Waals surface area contributed by atoms with Crippen molar-refractivity contribution < 1.29 is 9.53 Å². The zero-order valence-corrected chi connectivity index (χ0v) is 10.0. The molecule has 0 saturated carbocycles. The summed E-state index contributed by atoms with van der Waals surface area (Å²) in [4.78, 5) is 15.6. The predicted molar refractivity (Wildman–Crippen MR) is 70.9 cm³/mol. The maximum atomic E-state index is 11.4. The Morgan fingerprint density at radius 1 is 1.17 bits per heavy atom. The molecule has 2 rings (SSSR count). The van der Waals surface area contributed by atoms with Gasteiger partial charge in [0.15, 0.2) is 0 Å². The molecule has 3 nitrogen and oxygen atoms in total. The molecule has 0 saturated heterocycles. The summed E-state index contributed by atoms with van der Waals surface area (Å²) in [6.45, 7) is 0. The minimum absolute atomic E-state index is 0.330. The molecule has 18 heavy (non-hydrogen) atoms. The van der Waals surface area contributed by atoms with E-state index >= 15 is 0 Å². The van der Waals surface area contributed by atoms with Gasteiger partial charge in [-0.1, -0.05) is 24.3 Å². The molecule has 0 bridgehead atoms. The van der Waals surface area contributed by atoms with E-state index in [9.17, 15) is 4.79 Å². The minimum atomic E-state index is -0.330. The largest absolute Gasteiger partial charge is 0.465 e. The van der Waals surface area contributed by atoms with Gasteiger partial charge < -0.3 is 4.74 Å². The average Bonchev–Trinajstić information content (AvgIpc) is 2.45. The second-order valence-electron chi connectivity index (χ2n) is 3.70. The third-order valence-corrected chi connectivity index (χ3v) is 2.44. The highest BCUT2D eigenvalue weighted by Crippen LogP contribution is 2.10. The monoisotopic (exact) mass is 239 g/mol. The molecule has 0 atom stereocenters. The summed E-state index contributed by atoms with van der Waals surface area (Å²) in [5.74, 6) is -0.330. The van der Waals surface area contributed by atoms with E-state index < -0.39 is 0 Å². The van der Waals surface area contributed by atoms with Gasteiger partial charge >= 0.3 is 5.97 Å². The summed E-state index contributed by atoms with van der Waals surface area (Å²) < 4.78 is 4.68. The Bertz CT molecular complexity index is 562. The third kappa shape index (κ3) is 3.04. The first-order valence-electron chi connectivity index (χ1n) is 5.57. The maximum absolute atomic E-state index is 11.4. The van der Waals surface area contributed by atoms with E-state index in [4.69, 9.17) is 0 Å². The van der Waals surface area contributed by atoms with E-state index in [1.54, 1.807) is 18.3 Å². The predicted octanol–water partition coefficient (Wildman–Crippen LogP) is 3.04. The van der Waals surface area contributed by atoms with Crippen LogP contribution in [0.5, 0.6) is 0 Å². The Labute approximate surface area is 106 Å². The molecule has 90 valence electrons. The van der Waals surface area contributed by atoms with Crippen molar-refractivity contribution in [2.24, 2.45) is 0 Å². The van der Waals surface area contributed by atoms with E-state index in [-0.39, 0.29) is 5.97 Å². The average molecular weight is 239 g/mol. The summed E-state index contributed by atoms with van der Waals surface area (Å²) in [7, 11) is 1.37. The second-order valence-corrected chi connectivity index (χ2v) is 3.70. The molecule has 0 aliphatic heterocycles. The lowest BCUT2D eigenvalue weighted by molar-refractivity contribution is 0.0600. The molecule has 0 N–H and O–H groups in total. The van der Waals surface area contributed by atoms with Crippen LogP contribution in [-0.2, 0) is 4.74 Å². The number of carbonyl (C=O) groups is 1. The van der Waals surface area contributed by atoms with Crippen LogP contribution in [0.4, 0.5) is 0 Å². The highest BCUT2D eigenvalue weighted by molar-refractivity contribution is 5.90. The number of nitrogens with zero attached hydrogens (tertiary/aromatic N) is 1. The van der Waals surface area contributed by atoms with Gasteiger partial charge in [0.2, 0.25) is 0 Å². The lowest BCUT2D eigenvalue weighted by Crippen LogP contribution is -2.00. The van der Waals surface area contributed by atoms with Crippen molar-refractivity contribution in [2.45, 2.75) is 0 Å². The Hall–Kier alpha value is -2.42. The summed E-state index contributed by atoms with van der Waals surface area (Å²) in [6, 6.07) is 13.0. The van der Waals surface area contributed by atoms with Gasteiger partial charge in [-0.3, -0.25) is 4.98 Å². The van der Waals surface area contributed by atoms with Crippen molar-refractivity contribution in [3.8, 4) is 0 Å². The molecule has 1 aromatic carbocycles. The van der Waals surface area contributed by atoms with Crippen molar-refractivity contribution in [3.63, 3.8) is 0 Å². The molecule has 0 radical (unpaired) electrons. The molecule has 0 fully saturated rings. The lowest BCUT2D eigenvalue weighted by Gasteiger charge is -2.00. The van der Waals surface area contributed by atoms with Gasteiger partial charge in [0.05, 0.1) is 18.4 Å². The molecular formula is C15H13NO2. The van der Waals surface area contributed by atoms with Crippen molar-refractivity contribution in [1.82, 2.24) is 4.98 Å². The summed E-state index contributed by atoms with van der Waals surface area (Å²) in [5.41, 5.74) is 2.35. The fourth-order valence-electron chi connectivity index (χ4n) is 1.54. The number of benzene rings is 1. The van der Waals surface area contributed by atoms with Crippen molar-refractivity contribution in [1.29, 1.82) is 0 Å². The highest BCUT2D eigenvalue weighted by atomic mass is 16.5. The number of rotatable bonds is 3. The van der Waals surface area contributed by atoms with Crippen molar-refractivity contribution in [3.05, 3.63) is 65.5 Å². The summed E-state index contributed by atoms with van der Waals surface area (Å²) in [6.07, 6.45) is 5.55. The molecule has 0 aliphatic carbocycles. The normalized spacial score (nSPS) is 10.5. The van der Waals surface area contributed by atoms with Crippen LogP contribution in [-0.4, -0.2) is 18.1 Å². The summed E-state index contributed by atoms with van der Waals surface area (Å²) >= 11 is 0. The number of ether oxygens (including phenoxy) is 1. The molecule has 0 amide bonds. The Morgan fingerprint density at radius 3 is 2.78 bits per heavy atom. The number of aromatic nitrogens is 1. The fraction of sp³-hybridized carbons (Fsp3) is 0.0667. The van der Waals surface area contributed by atoms with E-state index in [2.05, 4.69) is 9.72 Å². The first kappa shape index (κ1) is 12.0. The highest BCUT2D eigenvalue weighted by Gasteiger charge is 2.03. The third-order valence-electron chi connectivity index (χ3n) is 2.44. The van der Waals surface area contributed by atoms with Crippen molar-refractivity contribution >= 4 is 18.1 Å². The lowest BCUT2D eigenvalue weighted by atomic mass is 10.1. The van der Waals surface area contributed by atoms with Crippen LogP contribution in [0.25, 0.3) is 12.2 Å². The Balaban J connectivity index is 2.20. The van der Waals surface area contributed by atoms with Gasteiger partial charge in [-0.25, -0.2) is 4.79 Å². The molecule has 0 spiro atoms. The van der Waals surface area contributed by atoms with Crippen LogP contribution in [0.1, 0.15) is 21.6 Å². The Kier molecular flexibility index (Phi) is 3.86. The SMILES string of the molecule is COC(=O)c1cccc(/C=C/c2ccccn2)c1. The first-order chi connectivity index (χ1) is 8.79. The van der Waals surface area contributed by atoms with Gasteiger partial charge in [-0.15, -0.1) is 0 Å². The van der Waals surface area contributed by atoms with E-state index in [1.165, 1.54) is 7.11 Å². The molecule has 1 heterocycles. The minimum Gasteiger partial charge on any atom is -0.465 e. The molecule has 2 aromatic rings. The summed E-state index contributed by atoms with van der Waals surface area (Å²) in [5, 5.41) is 0. The number of hydrogen-bond donors (Lipinski definition) is 0. The zero-order valence-electron chi connectivity index (χ0n) is 10.0. The van der Waals surface area contributed by atoms with Gasteiger partial charge in [0, 0.05) is 6.20 Å². The fourth-order valence-corrected chi connectivity index (χ4v) is 1.54.